The van der Waals surface area contributed by atoms with Gasteiger partial charge in [-0.25, -0.2) is 4.79 Å². The van der Waals surface area contributed by atoms with Gasteiger partial charge in [-0.05, 0) is 18.2 Å². The molecule has 6 heteroatoms. The van der Waals surface area contributed by atoms with E-state index in [1.807, 2.05) is 35.0 Å². The second-order valence-corrected chi connectivity index (χ2v) is 4.73. The second-order valence-electron chi connectivity index (χ2n) is 4.73. The van der Waals surface area contributed by atoms with Gasteiger partial charge in [-0.2, -0.15) is 0 Å². The average Bonchev–Trinajstić information content (AvgIpc) is 3.14. The number of carbonyl (C=O) groups is 1. The maximum Gasteiger partial charge on any atom is 0.373 e. The van der Waals surface area contributed by atoms with E-state index in [0.29, 0.717) is 12.3 Å². The predicted octanol–water partition coefficient (Wildman–Crippen LogP) is 2.88. The van der Waals surface area contributed by atoms with Crippen LogP contribution in [-0.4, -0.2) is 29.1 Å². The number of methoxy groups -OCH3 is 1. The van der Waals surface area contributed by atoms with E-state index < -0.39 is 5.97 Å². The van der Waals surface area contributed by atoms with Crippen molar-refractivity contribution < 1.29 is 19.2 Å². The summed E-state index contributed by atoms with van der Waals surface area (Å²) in [5.74, 6) is 0.302. The van der Waals surface area contributed by atoms with Crippen molar-refractivity contribution in [2.24, 2.45) is 5.16 Å². The summed E-state index contributed by atoms with van der Waals surface area (Å²) in [5, 5.41) is 12.8. The molecule has 0 bridgehead atoms. The number of nitrogens with zero attached hydrogens (tertiary/aromatic N) is 2. The summed E-state index contributed by atoms with van der Waals surface area (Å²) in [6.07, 6.45) is 3.26. The fourth-order valence-electron chi connectivity index (χ4n) is 2.41. The Morgan fingerprint density at radius 3 is 2.95 bits per heavy atom. The van der Waals surface area contributed by atoms with Crippen LogP contribution in [-0.2, 0) is 11.3 Å². The first kappa shape index (κ1) is 13.9. The molecule has 1 N–H and O–H groups in total. The van der Waals surface area contributed by atoms with Crippen molar-refractivity contribution in [3.05, 3.63) is 59.7 Å². The Hall–Kier alpha value is -3.02. The van der Waals surface area contributed by atoms with Crippen LogP contribution >= 0.6 is 0 Å². The molecule has 0 atom stereocenters. The minimum absolute atomic E-state index is 0.172. The molecule has 1 aromatic carbocycles. The first-order valence-corrected chi connectivity index (χ1v) is 6.65. The lowest BCUT2D eigenvalue weighted by atomic mass is 10.2. The standard InChI is InChI=1S/C16H14N2O4/c1-21-16(19)15-7-6-12(22-15)10-18-9-11(8-17-20)13-4-2-3-5-14(13)18/h2-9,20H,10H2,1H3. The molecule has 3 aromatic rings. The van der Waals surface area contributed by atoms with Crippen molar-refractivity contribution in [2.45, 2.75) is 6.54 Å². The quantitative estimate of drug-likeness (QED) is 0.348. The number of hydrogen-bond donors (Lipinski definition) is 1. The molecule has 3 rings (SSSR count). The Morgan fingerprint density at radius 2 is 2.18 bits per heavy atom. The fourth-order valence-corrected chi connectivity index (χ4v) is 2.41. The molecule has 0 saturated carbocycles. The Labute approximate surface area is 126 Å². The normalized spacial score (nSPS) is 11.3. The minimum atomic E-state index is -0.503. The molecule has 0 fully saturated rings. The lowest BCUT2D eigenvalue weighted by molar-refractivity contribution is 0.0563. The van der Waals surface area contributed by atoms with Gasteiger partial charge in [0.15, 0.2) is 0 Å². The molecule has 0 aliphatic rings. The number of aromatic nitrogens is 1. The maximum atomic E-state index is 11.4. The third-order valence-electron chi connectivity index (χ3n) is 3.39. The Morgan fingerprint density at radius 1 is 1.36 bits per heavy atom. The van der Waals surface area contributed by atoms with Crippen molar-refractivity contribution in [3.8, 4) is 0 Å². The molecule has 0 radical (unpaired) electrons. The molecule has 6 nitrogen and oxygen atoms in total. The molecule has 112 valence electrons. The van der Waals surface area contributed by atoms with Crippen LogP contribution in [0.15, 0.2) is 52.2 Å². The number of para-hydroxylation sites is 1. The minimum Gasteiger partial charge on any atom is -0.463 e. The van der Waals surface area contributed by atoms with E-state index in [4.69, 9.17) is 9.62 Å². The Balaban J connectivity index is 1.97. The van der Waals surface area contributed by atoms with E-state index in [1.54, 1.807) is 12.1 Å². The van der Waals surface area contributed by atoms with Gasteiger partial charge in [0.05, 0.1) is 19.9 Å². The van der Waals surface area contributed by atoms with Gasteiger partial charge in [-0.3, -0.25) is 0 Å². The van der Waals surface area contributed by atoms with Crippen LogP contribution in [0.2, 0.25) is 0 Å². The molecule has 0 unspecified atom stereocenters. The van der Waals surface area contributed by atoms with E-state index in [9.17, 15) is 4.79 Å². The number of esters is 1. The molecule has 0 amide bonds. The summed E-state index contributed by atoms with van der Waals surface area (Å²) in [5.41, 5.74) is 1.78. The number of ether oxygens (including phenoxy) is 1. The van der Waals surface area contributed by atoms with E-state index in [1.165, 1.54) is 13.3 Å². The van der Waals surface area contributed by atoms with E-state index in [2.05, 4.69) is 9.89 Å². The number of hydrogen-bond acceptors (Lipinski definition) is 5. The summed E-state index contributed by atoms with van der Waals surface area (Å²) in [7, 11) is 1.31. The Kier molecular flexibility index (Phi) is 3.65. The van der Waals surface area contributed by atoms with Crippen LogP contribution < -0.4 is 0 Å². The van der Waals surface area contributed by atoms with Gasteiger partial charge < -0.3 is 18.9 Å². The van der Waals surface area contributed by atoms with Crippen molar-refractivity contribution >= 4 is 23.1 Å². The van der Waals surface area contributed by atoms with Crippen LogP contribution in [0.4, 0.5) is 0 Å². The van der Waals surface area contributed by atoms with E-state index >= 15 is 0 Å². The van der Waals surface area contributed by atoms with Gasteiger partial charge in [-0.15, -0.1) is 0 Å². The summed E-state index contributed by atoms with van der Waals surface area (Å²) < 4.78 is 12.1. The van der Waals surface area contributed by atoms with Crippen LogP contribution in [0.5, 0.6) is 0 Å². The van der Waals surface area contributed by atoms with Crippen LogP contribution in [0.3, 0.4) is 0 Å². The van der Waals surface area contributed by atoms with Gasteiger partial charge in [0, 0.05) is 22.7 Å². The average molecular weight is 298 g/mol. The molecule has 0 aliphatic heterocycles. The largest absolute Gasteiger partial charge is 0.463 e. The van der Waals surface area contributed by atoms with Crippen molar-refractivity contribution in [2.75, 3.05) is 7.11 Å². The summed E-state index contributed by atoms with van der Waals surface area (Å²) in [4.78, 5) is 11.4. The lowest BCUT2D eigenvalue weighted by Crippen LogP contribution is -1.99. The van der Waals surface area contributed by atoms with Crippen LogP contribution in [0, 0.1) is 0 Å². The highest BCUT2D eigenvalue weighted by atomic mass is 16.5. The maximum absolute atomic E-state index is 11.4. The third-order valence-corrected chi connectivity index (χ3v) is 3.39. The van der Waals surface area contributed by atoms with Gasteiger partial charge >= 0.3 is 5.97 Å². The summed E-state index contributed by atoms with van der Waals surface area (Å²) in [6, 6.07) is 11.1. The van der Waals surface area contributed by atoms with Crippen molar-refractivity contribution in [1.82, 2.24) is 4.57 Å². The SMILES string of the molecule is COC(=O)c1ccc(Cn2cc(C=NO)c3ccccc32)o1. The van der Waals surface area contributed by atoms with Gasteiger partial charge in [0.2, 0.25) is 5.76 Å². The molecule has 22 heavy (non-hydrogen) atoms. The van der Waals surface area contributed by atoms with E-state index in [-0.39, 0.29) is 5.76 Å². The second kappa shape index (κ2) is 5.77. The van der Waals surface area contributed by atoms with E-state index in [0.717, 1.165) is 16.5 Å². The topological polar surface area (TPSA) is 77.0 Å². The summed E-state index contributed by atoms with van der Waals surface area (Å²) >= 11 is 0. The number of carbonyl (C=O) groups excluding carboxylic acids is 1. The molecule has 0 saturated heterocycles. The number of oxime groups is 1. The monoisotopic (exact) mass is 298 g/mol. The smallest absolute Gasteiger partial charge is 0.373 e. The molecule has 2 heterocycles. The first-order chi connectivity index (χ1) is 10.7. The van der Waals surface area contributed by atoms with Gasteiger partial charge in [0.1, 0.15) is 5.76 Å². The van der Waals surface area contributed by atoms with Crippen LogP contribution in [0.1, 0.15) is 21.9 Å². The first-order valence-electron chi connectivity index (χ1n) is 6.65. The zero-order valence-corrected chi connectivity index (χ0v) is 11.9. The third kappa shape index (κ3) is 2.46. The lowest BCUT2D eigenvalue weighted by Gasteiger charge is -2.02. The number of furan rings is 1. The zero-order valence-electron chi connectivity index (χ0n) is 11.9. The number of benzene rings is 1. The molecule has 0 spiro atoms. The highest BCUT2D eigenvalue weighted by molar-refractivity contribution is 5.99. The highest BCUT2D eigenvalue weighted by Crippen LogP contribution is 2.22. The predicted molar refractivity (Wildman–Crippen MR) is 80.5 cm³/mol. The number of fused-ring (bicyclic) bond motifs is 1. The molecular weight excluding hydrogens is 284 g/mol. The molecule has 0 aliphatic carbocycles. The fraction of sp³-hybridized carbons (Fsp3) is 0.125. The highest BCUT2D eigenvalue weighted by Gasteiger charge is 2.13. The molecule has 2 aromatic heterocycles. The summed E-state index contributed by atoms with van der Waals surface area (Å²) in [6.45, 7) is 0.455. The van der Waals surface area contributed by atoms with Gasteiger partial charge in [-0.1, -0.05) is 23.4 Å². The Bertz CT molecular complexity index is 845. The number of rotatable bonds is 4. The zero-order chi connectivity index (χ0) is 15.5. The van der Waals surface area contributed by atoms with Gasteiger partial charge in [0.25, 0.3) is 0 Å². The molecular formula is C16H14N2O4. The van der Waals surface area contributed by atoms with Crippen molar-refractivity contribution in [1.29, 1.82) is 0 Å². The van der Waals surface area contributed by atoms with Crippen molar-refractivity contribution in [3.63, 3.8) is 0 Å². The van der Waals surface area contributed by atoms with Crippen LogP contribution in [0.25, 0.3) is 10.9 Å².